The van der Waals surface area contributed by atoms with Crippen molar-refractivity contribution < 1.29 is 37.0 Å². The number of sulfonamides is 1. The zero-order valence-corrected chi connectivity index (χ0v) is 17.8. The minimum absolute atomic E-state index is 0.0343. The molecule has 30 heavy (non-hydrogen) atoms. The van der Waals surface area contributed by atoms with Gasteiger partial charge in [-0.1, -0.05) is 11.6 Å². The van der Waals surface area contributed by atoms with Gasteiger partial charge in [-0.2, -0.15) is 0 Å². The van der Waals surface area contributed by atoms with E-state index in [0.29, 0.717) is 0 Å². The highest BCUT2D eigenvalue weighted by molar-refractivity contribution is 7.92. The zero-order valence-electron chi connectivity index (χ0n) is 16.2. The van der Waals surface area contributed by atoms with Crippen molar-refractivity contribution in [2.45, 2.75) is 4.90 Å². The Balaban J connectivity index is 2.46. The number of ether oxygens (including phenoxy) is 4. The summed E-state index contributed by atoms with van der Waals surface area (Å²) in [6, 6.07) is 6.32. The quantitative estimate of drug-likeness (QED) is 0.541. The molecule has 2 aromatic carbocycles. The predicted octanol–water partition coefficient (Wildman–Crippen LogP) is 1.81. The molecule has 0 aliphatic heterocycles. The van der Waals surface area contributed by atoms with Crippen LogP contribution in [0.1, 0.15) is 10.4 Å². The lowest BCUT2D eigenvalue weighted by atomic mass is 10.2. The Hall–Kier alpha value is -3.18. The molecule has 1 amide bonds. The van der Waals surface area contributed by atoms with Crippen LogP contribution in [0.25, 0.3) is 0 Å². The lowest BCUT2D eigenvalue weighted by molar-refractivity contribution is -0.121. The standard InChI is InChI=1S/C18H19ClN2O8S/c1-26-13-5-4-10(18(23)29-9-17(20)22)6-16(13)30(24,25)21-12-7-11(19)14(27-2)8-15(12)28-3/h4-8,21H,9H2,1-3H3,(H2,20,22). The molecule has 162 valence electrons. The van der Waals surface area contributed by atoms with Gasteiger partial charge in [0.25, 0.3) is 15.9 Å². The molecule has 0 aliphatic carbocycles. The molecule has 12 heteroatoms. The summed E-state index contributed by atoms with van der Waals surface area (Å²) < 4.78 is 48.4. The number of hydrogen-bond acceptors (Lipinski definition) is 8. The van der Waals surface area contributed by atoms with Crippen LogP contribution in [0.2, 0.25) is 5.02 Å². The lowest BCUT2D eigenvalue weighted by Crippen LogP contribution is -2.21. The molecule has 0 bridgehead atoms. The van der Waals surface area contributed by atoms with Crippen LogP contribution in [0.15, 0.2) is 35.2 Å². The summed E-state index contributed by atoms with van der Waals surface area (Å²) in [4.78, 5) is 22.5. The van der Waals surface area contributed by atoms with Gasteiger partial charge < -0.3 is 24.7 Å². The molecule has 0 fully saturated rings. The number of rotatable bonds is 9. The number of hydrogen-bond donors (Lipinski definition) is 2. The molecule has 0 aliphatic rings. The maximum atomic E-state index is 13.0. The minimum Gasteiger partial charge on any atom is -0.495 e. The van der Waals surface area contributed by atoms with E-state index in [0.717, 1.165) is 6.07 Å². The van der Waals surface area contributed by atoms with Crippen molar-refractivity contribution in [1.29, 1.82) is 0 Å². The lowest BCUT2D eigenvalue weighted by Gasteiger charge is -2.16. The fourth-order valence-electron chi connectivity index (χ4n) is 2.37. The van der Waals surface area contributed by atoms with Crippen LogP contribution in [-0.4, -0.2) is 48.2 Å². The molecule has 0 unspecified atom stereocenters. The van der Waals surface area contributed by atoms with E-state index >= 15 is 0 Å². The van der Waals surface area contributed by atoms with E-state index in [2.05, 4.69) is 4.72 Å². The van der Waals surface area contributed by atoms with Crippen LogP contribution < -0.4 is 24.7 Å². The van der Waals surface area contributed by atoms with Crippen LogP contribution in [0, 0.1) is 0 Å². The van der Waals surface area contributed by atoms with E-state index in [1.165, 1.54) is 45.6 Å². The van der Waals surface area contributed by atoms with Crippen molar-refractivity contribution in [3.05, 3.63) is 40.9 Å². The highest BCUT2D eigenvalue weighted by Crippen LogP contribution is 2.37. The number of carbonyl (C=O) groups is 2. The van der Waals surface area contributed by atoms with Crippen LogP contribution in [0.5, 0.6) is 17.2 Å². The average molecular weight is 459 g/mol. The highest BCUT2D eigenvalue weighted by Gasteiger charge is 2.24. The predicted molar refractivity (Wildman–Crippen MR) is 108 cm³/mol. The van der Waals surface area contributed by atoms with Crippen molar-refractivity contribution in [3.8, 4) is 17.2 Å². The SMILES string of the molecule is COc1cc(OC)c(NS(=O)(=O)c2cc(C(=O)OCC(N)=O)ccc2OC)cc1Cl. The first kappa shape index (κ1) is 23.1. The second-order valence-electron chi connectivity index (χ2n) is 5.70. The number of nitrogens with one attached hydrogen (secondary N) is 1. The van der Waals surface area contributed by atoms with Gasteiger partial charge in [0.05, 0.1) is 37.6 Å². The number of halogens is 1. The van der Waals surface area contributed by atoms with Gasteiger partial charge in [0.15, 0.2) is 6.61 Å². The van der Waals surface area contributed by atoms with E-state index < -0.39 is 28.5 Å². The Morgan fingerprint density at radius 2 is 1.63 bits per heavy atom. The third-order valence-electron chi connectivity index (χ3n) is 3.75. The maximum Gasteiger partial charge on any atom is 0.338 e. The monoisotopic (exact) mass is 458 g/mol. The molecule has 10 nitrogen and oxygen atoms in total. The molecule has 0 saturated carbocycles. The third-order valence-corrected chi connectivity index (χ3v) is 5.43. The van der Waals surface area contributed by atoms with Crippen LogP contribution >= 0.6 is 11.6 Å². The van der Waals surface area contributed by atoms with Gasteiger partial charge in [-0.25, -0.2) is 13.2 Å². The Labute approximate surface area is 177 Å². The third kappa shape index (κ3) is 5.24. The van der Waals surface area contributed by atoms with Gasteiger partial charge in [-0.15, -0.1) is 0 Å². The van der Waals surface area contributed by atoms with Gasteiger partial charge in [0.2, 0.25) is 0 Å². The van der Waals surface area contributed by atoms with Crippen LogP contribution in [-0.2, 0) is 19.6 Å². The van der Waals surface area contributed by atoms with Gasteiger partial charge >= 0.3 is 5.97 Å². The van der Waals surface area contributed by atoms with E-state index in [9.17, 15) is 18.0 Å². The van der Waals surface area contributed by atoms with Crippen molar-refractivity contribution >= 4 is 39.2 Å². The largest absolute Gasteiger partial charge is 0.495 e. The topological polar surface area (TPSA) is 143 Å². The van der Waals surface area contributed by atoms with Crippen molar-refractivity contribution in [3.63, 3.8) is 0 Å². The number of nitrogens with two attached hydrogens (primary N) is 1. The molecule has 0 heterocycles. The zero-order chi connectivity index (χ0) is 22.5. The minimum atomic E-state index is -4.27. The van der Waals surface area contributed by atoms with Gasteiger partial charge in [0.1, 0.15) is 22.1 Å². The maximum absolute atomic E-state index is 13.0. The molecule has 2 rings (SSSR count). The molecule has 0 atom stereocenters. The molecule has 0 spiro atoms. The van der Waals surface area contributed by atoms with Crippen LogP contribution in [0.3, 0.4) is 0 Å². The molecule has 2 aromatic rings. The summed E-state index contributed by atoms with van der Waals surface area (Å²) in [5, 5.41) is 0.145. The molecular formula is C18H19ClN2O8S. The van der Waals surface area contributed by atoms with Crippen molar-refractivity contribution in [1.82, 2.24) is 0 Å². The number of primary amides is 1. The second kappa shape index (κ2) is 9.55. The summed E-state index contributed by atoms with van der Waals surface area (Å²) >= 11 is 6.08. The number of methoxy groups -OCH3 is 3. The summed E-state index contributed by atoms with van der Waals surface area (Å²) in [6.45, 7) is -0.646. The molecular weight excluding hydrogens is 440 g/mol. The van der Waals surface area contributed by atoms with Crippen molar-refractivity contribution in [2.24, 2.45) is 5.73 Å². The summed E-state index contributed by atoms with van der Waals surface area (Å²) in [5.41, 5.74) is 4.84. The van der Waals surface area contributed by atoms with E-state index in [4.69, 9.17) is 36.3 Å². The summed E-state index contributed by atoms with van der Waals surface area (Å²) in [7, 11) is -0.253. The fraction of sp³-hybridized carbons (Fsp3) is 0.222. The summed E-state index contributed by atoms with van der Waals surface area (Å²) in [6.07, 6.45) is 0. The Bertz CT molecular complexity index is 1070. The van der Waals surface area contributed by atoms with Gasteiger partial charge in [-0.3, -0.25) is 9.52 Å². The second-order valence-corrected chi connectivity index (χ2v) is 7.76. The number of anilines is 1. The van der Waals surface area contributed by atoms with E-state index in [1.807, 2.05) is 0 Å². The number of esters is 1. The van der Waals surface area contributed by atoms with Gasteiger partial charge in [-0.05, 0) is 24.3 Å². The van der Waals surface area contributed by atoms with Gasteiger partial charge in [0, 0.05) is 6.07 Å². The first-order valence-corrected chi connectivity index (χ1v) is 10.1. The Kier molecular flexibility index (Phi) is 7.35. The molecule has 3 N–H and O–H groups in total. The van der Waals surface area contributed by atoms with Crippen LogP contribution in [0.4, 0.5) is 5.69 Å². The van der Waals surface area contributed by atoms with E-state index in [-0.39, 0.29) is 38.4 Å². The highest BCUT2D eigenvalue weighted by atomic mass is 35.5. The summed E-state index contributed by atoms with van der Waals surface area (Å²) in [5.74, 6) is -1.38. The molecule has 0 aromatic heterocycles. The molecule has 0 saturated heterocycles. The average Bonchev–Trinajstić information content (AvgIpc) is 2.71. The Morgan fingerprint density at radius 1 is 1.00 bits per heavy atom. The Morgan fingerprint density at radius 3 is 2.20 bits per heavy atom. The molecule has 0 radical (unpaired) electrons. The number of amides is 1. The number of carbonyl (C=O) groups excluding carboxylic acids is 2. The normalized spacial score (nSPS) is 10.8. The first-order valence-electron chi connectivity index (χ1n) is 8.20. The number of benzene rings is 2. The van der Waals surface area contributed by atoms with Crippen molar-refractivity contribution in [2.75, 3.05) is 32.7 Å². The van der Waals surface area contributed by atoms with E-state index in [1.54, 1.807) is 0 Å². The first-order chi connectivity index (χ1) is 14.1. The fourth-order valence-corrected chi connectivity index (χ4v) is 3.87. The smallest absolute Gasteiger partial charge is 0.338 e.